The minimum absolute atomic E-state index is 0.0531. The Bertz CT molecular complexity index is 1480. The van der Waals surface area contributed by atoms with Gasteiger partial charge in [0.05, 0.1) is 10.6 Å². The molecule has 0 aromatic heterocycles. The number of carbonyl (C=O) groups is 2. The molecule has 1 N–H and O–H groups in total. The number of para-hydroxylation sites is 1. The highest BCUT2D eigenvalue weighted by Crippen LogP contribution is 2.30. The van der Waals surface area contributed by atoms with E-state index in [0.717, 1.165) is 9.87 Å². The third-order valence-electron chi connectivity index (χ3n) is 6.55. The first-order valence-electron chi connectivity index (χ1n) is 13.3. The first kappa shape index (κ1) is 32.4. The molecule has 0 saturated heterocycles. The lowest BCUT2D eigenvalue weighted by Gasteiger charge is -2.35. The zero-order valence-corrected chi connectivity index (χ0v) is 26.6. The van der Waals surface area contributed by atoms with Crippen LogP contribution >= 0.6 is 23.2 Å². The van der Waals surface area contributed by atoms with E-state index in [9.17, 15) is 18.0 Å². The molecule has 7 nitrogen and oxygen atoms in total. The molecule has 0 spiro atoms. The lowest BCUT2D eigenvalue weighted by Crippen LogP contribution is -2.55. The molecule has 41 heavy (non-hydrogen) atoms. The number of hydrogen-bond donors (Lipinski definition) is 1. The van der Waals surface area contributed by atoms with Crippen molar-refractivity contribution in [3.63, 3.8) is 0 Å². The smallest absolute Gasteiger partial charge is 0.264 e. The van der Waals surface area contributed by atoms with Crippen molar-refractivity contribution in [2.45, 2.75) is 71.0 Å². The van der Waals surface area contributed by atoms with E-state index in [1.165, 1.54) is 17.0 Å². The summed E-state index contributed by atoms with van der Waals surface area (Å²) in [5, 5.41) is 3.62. The Morgan fingerprint density at radius 1 is 0.902 bits per heavy atom. The van der Waals surface area contributed by atoms with Crippen LogP contribution in [0, 0.1) is 13.8 Å². The van der Waals surface area contributed by atoms with Gasteiger partial charge in [0.2, 0.25) is 11.8 Å². The van der Waals surface area contributed by atoms with Gasteiger partial charge in [-0.25, -0.2) is 8.42 Å². The number of halogens is 2. The summed E-state index contributed by atoms with van der Waals surface area (Å²) < 4.78 is 29.1. The number of anilines is 1. The molecule has 0 fully saturated rings. The maximum absolute atomic E-state index is 14.2. The molecule has 220 valence electrons. The second-order valence-corrected chi connectivity index (χ2v) is 13.7. The Morgan fingerprint density at radius 2 is 1.49 bits per heavy atom. The maximum Gasteiger partial charge on any atom is 0.264 e. The SMILES string of the molecule is CC[C@H](C(=O)NC(C)(C)C)N(Cc1c(Cl)cccc1Cl)C(=O)CN(c1ccccc1C)S(=O)(=O)c1ccc(C)cc1. The Hall–Kier alpha value is -3.07. The first-order chi connectivity index (χ1) is 19.2. The van der Waals surface area contributed by atoms with Crippen LogP contribution < -0.4 is 9.62 Å². The molecule has 0 aliphatic carbocycles. The van der Waals surface area contributed by atoms with Crippen LogP contribution in [0.5, 0.6) is 0 Å². The summed E-state index contributed by atoms with van der Waals surface area (Å²) in [6.45, 7) is 10.4. The van der Waals surface area contributed by atoms with Gasteiger partial charge in [-0.1, -0.05) is 72.1 Å². The molecule has 0 heterocycles. The van der Waals surface area contributed by atoms with Crippen LogP contribution in [0.4, 0.5) is 5.69 Å². The van der Waals surface area contributed by atoms with Gasteiger partial charge in [0.25, 0.3) is 10.0 Å². The zero-order chi connectivity index (χ0) is 30.5. The highest BCUT2D eigenvalue weighted by atomic mass is 35.5. The molecule has 3 aromatic carbocycles. The molecule has 2 amide bonds. The fraction of sp³-hybridized carbons (Fsp3) is 0.355. The van der Waals surface area contributed by atoms with E-state index in [-0.39, 0.29) is 23.8 Å². The lowest BCUT2D eigenvalue weighted by atomic mass is 10.1. The average molecular weight is 619 g/mol. The van der Waals surface area contributed by atoms with Gasteiger partial charge in [-0.15, -0.1) is 0 Å². The molecular weight excluding hydrogens is 581 g/mol. The fourth-order valence-electron chi connectivity index (χ4n) is 4.42. The van der Waals surface area contributed by atoms with Crippen molar-refractivity contribution in [1.82, 2.24) is 10.2 Å². The minimum atomic E-state index is -4.16. The summed E-state index contributed by atoms with van der Waals surface area (Å²) in [7, 11) is -4.16. The van der Waals surface area contributed by atoms with E-state index in [2.05, 4.69) is 5.32 Å². The predicted octanol–water partition coefficient (Wildman–Crippen LogP) is 6.53. The number of amides is 2. The molecule has 0 saturated carbocycles. The zero-order valence-electron chi connectivity index (χ0n) is 24.2. The fourth-order valence-corrected chi connectivity index (χ4v) is 6.42. The normalized spacial score (nSPS) is 12.5. The second kappa shape index (κ2) is 13.3. The largest absolute Gasteiger partial charge is 0.350 e. The van der Waals surface area contributed by atoms with Crippen molar-refractivity contribution in [3.8, 4) is 0 Å². The van der Waals surface area contributed by atoms with E-state index in [1.807, 2.05) is 27.7 Å². The van der Waals surface area contributed by atoms with E-state index >= 15 is 0 Å². The molecule has 3 rings (SSSR count). The van der Waals surface area contributed by atoms with E-state index in [1.54, 1.807) is 68.4 Å². The number of carbonyl (C=O) groups excluding carboxylic acids is 2. The number of rotatable bonds is 10. The topological polar surface area (TPSA) is 86.8 Å². The van der Waals surface area contributed by atoms with Gasteiger partial charge in [0.15, 0.2) is 0 Å². The molecule has 0 aliphatic rings. The van der Waals surface area contributed by atoms with Crippen molar-refractivity contribution in [1.29, 1.82) is 0 Å². The van der Waals surface area contributed by atoms with Crippen LogP contribution in [0.3, 0.4) is 0 Å². The summed E-state index contributed by atoms with van der Waals surface area (Å²) in [6, 6.07) is 17.5. The maximum atomic E-state index is 14.2. The number of hydrogen-bond acceptors (Lipinski definition) is 4. The van der Waals surface area contributed by atoms with Crippen molar-refractivity contribution in [2.24, 2.45) is 0 Å². The number of nitrogens with one attached hydrogen (secondary N) is 1. The quantitative estimate of drug-likeness (QED) is 0.280. The van der Waals surface area contributed by atoms with Gasteiger partial charge >= 0.3 is 0 Å². The molecule has 0 unspecified atom stereocenters. The number of benzene rings is 3. The van der Waals surface area contributed by atoms with Crippen LogP contribution in [0.15, 0.2) is 71.6 Å². The van der Waals surface area contributed by atoms with Gasteiger partial charge in [-0.05, 0) is 76.9 Å². The van der Waals surface area contributed by atoms with Gasteiger partial charge in [-0.3, -0.25) is 13.9 Å². The molecular formula is C31H37Cl2N3O4S. The van der Waals surface area contributed by atoms with Crippen molar-refractivity contribution < 1.29 is 18.0 Å². The van der Waals surface area contributed by atoms with Crippen LogP contribution in [0.1, 0.15) is 50.8 Å². The molecule has 0 aliphatic heterocycles. The molecule has 1 atom stereocenters. The summed E-state index contributed by atoms with van der Waals surface area (Å²) in [5.41, 5.74) is 1.86. The van der Waals surface area contributed by atoms with Crippen molar-refractivity contribution in [2.75, 3.05) is 10.8 Å². The van der Waals surface area contributed by atoms with Crippen LogP contribution in [0.25, 0.3) is 0 Å². The monoisotopic (exact) mass is 617 g/mol. The first-order valence-corrected chi connectivity index (χ1v) is 15.5. The molecule has 0 bridgehead atoms. The Labute approximate surface area is 253 Å². The highest BCUT2D eigenvalue weighted by molar-refractivity contribution is 7.92. The number of sulfonamides is 1. The van der Waals surface area contributed by atoms with Gasteiger partial charge in [0.1, 0.15) is 12.6 Å². The average Bonchev–Trinajstić information content (AvgIpc) is 2.88. The molecule has 3 aromatic rings. The van der Waals surface area contributed by atoms with Crippen LogP contribution in [-0.2, 0) is 26.2 Å². The van der Waals surface area contributed by atoms with Gasteiger partial charge < -0.3 is 10.2 Å². The number of nitrogens with zero attached hydrogens (tertiary/aromatic N) is 2. The Balaban J connectivity index is 2.13. The Morgan fingerprint density at radius 3 is 2.02 bits per heavy atom. The highest BCUT2D eigenvalue weighted by Gasteiger charge is 2.35. The van der Waals surface area contributed by atoms with Crippen molar-refractivity contribution in [3.05, 3.63) is 93.5 Å². The number of aryl methyl sites for hydroxylation is 2. The Kier molecular flexibility index (Phi) is 10.5. The van der Waals surface area contributed by atoms with E-state index in [0.29, 0.717) is 26.9 Å². The lowest BCUT2D eigenvalue weighted by molar-refractivity contribution is -0.141. The van der Waals surface area contributed by atoms with E-state index in [4.69, 9.17) is 23.2 Å². The predicted molar refractivity (Wildman–Crippen MR) is 166 cm³/mol. The third kappa shape index (κ3) is 8.03. The van der Waals surface area contributed by atoms with Crippen LogP contribution in [-0.4, -0.2) is 43.3 Å². The van der Waals surface area contributed by atoms with Crippen LogP contribution in [0.2, 0.25) is 10.0 Å². The minimum Gasteiger partial charge on any atom is -0.350 e. The standard InChI is InChI=1S/C31H37Cl2N3O4S/c1-7-27(30(38)34-31(4,5)6)35(19-24-25(32)12-10-13-26(24)33)29(37)20-36(28-14-9-8-11-22(28)3)41(39,40)23-17-15-21(2)16-18-23/h8-18,27H,7,19-20H2,1-6H3,(H,34,38)/t27-/m1/s1. The molecule has 10 heteroatoms. The molecule has 0 radical (unpaired) electrons. The summed E-state index contributed by atoms with van der Waals surface area (Å²) in [5.74, 6) is -0.934. The third-order valence-corrected chi connectivity index (χ3v) is 9.03. The summed E-state index contributed by atoms with van der Waals surface area (Å²) >= 11 is 12.9. The van der Waals surface area contributed by atoms with E-state index < -0.39 is 34.1 Å². The van der Waals surface area contributed by atoms with Crippen molar-refractivity contribution >= 4 is 50.7 Å². The van der Waals surface area contributed by atoms with Gasteiger partial charge in [0, 0.05) is 27.7 Å². The second-order valence-electron chi connectivity index (χ2n) is 11.0. The summed E-state index contributed by atoms with van der Waals surface area (Å²) in [6.07, 6.45) is 0.283. The van der Waals surface area contributed by atoms with Gasteiger partial charge in [-0.2, -0.15) is 0 Å². The summed E-state index contributed by atoms with van der Waals surface area (Å²) in [4.78, 5) is 29.1.